The van der Waals surface area contributed by atoms with Crippen LogP contribution in [0.15, 0.2) is 106 Å². The van der Waals surface area contributed by atoms with Crippen molar-refractivity contribution < 1.29 is 23.6 Å². The Morgan fingerprint density at radius 1 is 1.03 bits per heavy atom. The van der Waals surface area contributed by atoms with Crippen molar-refractivity contribution in [2.24, 2.45) is 4.99 Å². The fourth-order valence-corrected chi connectivity index (χ4v) is 4.82. The topological polar surface area (TPSA) is 107 Å². The molecule has 1 aliphatic heterocycles. The van der Waals surface area contributed by atoms with E-state index < -0.39 is 4.92 Å². The lowest BCUT2D eigenvalue weighted by Crippen LogP contribution is -2.28. The number of nitro groups is 1. The summed E-state index contributed by atoms with van der Waals surface area (Å²) in [6.07, 6.45) is 3.36. The summed E-state index contributed by atoms with van der Waals surface area (Å²) < 4.78 is 16.9. The first-order valence-corrected chi connectivity index (χ1v) is 12.7. The van der Waals surface area contributed by atoms with E-state index in [9.17, 15) is 14.9 Å². The second-order valence-corrected chi connectivity index (χ2v) is 9.44. The van der Waals surface area contributed by atoms with Gasteiger partial charge in [0, 0.05) is 12.1 Å². The first kappa shape index (κ1) is 25.8. The van der Waals surface area contributed by atoms with E-state index in [4.69, 9.17) is 18.9 Å². The van der Waals surface area contributed by atoms with Gasteiger partial charge in [0.1, 0.15) is 12.4 Å². The summed E-state index contributed by atoms with van der Waals surface area (Å²) >= 11 is 1.29. The molecule has 0 radical (unpaired) electrons. The second-order valence-electron chi connectivity index (χ2n) is 8.43. The van der Waals surface area contributed by atoms with E-state index in [0.717, 1.165) is 16.8 Å². The highest BCUT2D eigenvalue weighted by atomic mass is 32.2. The lowest BCUT2D eigenvalue weighted by molar-refractivity contribution is -0.384. The standard InChI is InChI=1S/C29H23N3O6S/c1-36-26-16-21(11-14-25(26)38-19-20-9-12-23(13-10-20)32(34)35)17-27-28(33)31(18-24-8-5-15-37-24)29(39-27)30-22-6-3-2-4-7-22/h2-17H,18-19H2,1H3/b27-17-,30-29?. The fourth-order valence-electron chi connectivity index (χ4n) is 3.82. The van der Waals surface area contributed by atoms with Crippen molar-refractivity contribution in [3.05, 3.63) is 123 Å². The fraction of sp³-hybridized carbons (Fsp3) is 0.103. The molecule has 0 atom stereocenters. The Morgan fingerprint density at radius 3 is 2.51 bits per heavy atom. The molecule has 0 N–H and O–H groups in total. The quantitative estimate of drug-likeness (QED) is 0.134. The van der Waals surface area contributed by atoms with Crippen LogP contribution < -0.4 is 9.47 Å². The molecule has 0 saturated carbocycles. The Kier molecular flexibility index (Phi) is 7.74. The summed E-state index contributed by atoms with van der Waals surface area (Å²) in [4.78, 5) is 30.6. The first-order chi connectivity index (χ1) is 19.0. The van der Waals surface area contributed by atoms with Crippen LogP contribution in [0.25, 0.3) is 6.08 Å². The molecule has 2 heterocycles. The average molecular weight is 542 g/mol. The van der Waals surface area contributed by atoms with Gasteiger partial charge in [0.05, 0.1) is 35.4 Å². The molecular formula is C29H23N3O6S. The van der Waals surface area contributed by atoms with Gasteiger partial charge in [-0.3, -0.25) is 19.8 Å². The molecule has 1 fully saturated rings. The third-order valence-corrected chi connectivity index (χ3v) is 6.80. The number of para-hydroxylation sites is 1. The molecule has 1 amide bonds. The molecule has 0 bridgehead atoms. The molecule has 4 aromatic rings. The van der Waals surface area contributed by atoms with Crippen LogP contribution in [0.4, 0.5) is 11.4 Å². The number of non-ortho nitro benzene ring substituents is 1. The molecule has 0 spiro atoms. The number of aliphatic imine (C=N–C) groups is 1. The maximum absolute atomic E-state index is 13.4. The highest BCUT2D eigenvalue weighted by Crippen LogP contribution is 2.37. The van der Waals surface area contributed by atoms with Gasteiger partial charge in [-0.05, 0) is 77.5 Å². The number of benzene rings is 3. The summed E-state index contributed by atoms with van der Waals surface area (Å²) in [6.45, 7) is 0.477. The van der Waals surface area contributed by atoms with Crippen LogP contribution in [0.2, 0.25) is 0 Å². The Balaban J connectivity index is 1.36. The Morgan fingerprint density at radius 2 is 1.82 bits per heavy atom. The van der Waals surface area contributed by atoms with Gasteiger partial charge in [-0.2, -0.15) is 0 Å². The Bertz CT molecular complexity index is 1530. The number of amides is 1. The largest absolute Gasteiger partial charge is 0.493 e. The number of nitrogens with zero attached hydrogens (tertiary/aromatic N) is 3. The molecular weight excluding hydrogens is 518 g/mol. The number of furan rings is 1. The van der Waals surface area contributed by atoms with Crippen LogP contribution in [0, 0.1) is 10.1 Å². The van der Waals surface area contributed by atoms with Crippen LogP contribution in [-0.2, 0) is 17.9 Å². The first-order valence-electron chi connectivity index (χ1n) is 11.9. The highest BCUT2D eigenvalue weighted by Gasteiger charge is 2.34. The highest BCUT2D eigenvalue weighted by molar-refractivity contribution is 8.18. The van der Waals surface area contributed by atoms with E-state index in [1.807, 2.05) is 42.5 Å². The Hall–Kier alpha value is -4.83. The van der Waals surface area contributed by atoms with Crippen molar-refractivity contribution in [3.8, 4) is 11.5 Å². The number of carbonyl (C=O) groups excluding carboxylic acids is 1. The molecule has 0 unspecified atom stereocenters. The number of thioether (sulfide) groups is 1. The number of methoxy groups -OCH3 is 1. The minimum Gasteiger partial charge on any atom is -0.493 e. The number of carbonyl (C=O) groups is 1. The van der Waals surface area contributed by atoms with Gasteiger partial charge in [-0.25, -0.2) is 4.99 Å². The lowest BCUT2D eigenvalue weighted by Gasteiger charge is -2.13. The van der Waals surface area contributed by atoms with Gasteiger partial charge in [-0.1, -0.05) is 24.3 Å². The van der Waals surface area contributed by atoms with Crippen molar-refractivity contribution in [2.75, 3.05) is 7.11 Å². The maximum atomic E-state index is 13.4. The van der Waals surface area contributed by atoms with Crippen LogP contribution in [0.3, 0.4) is 0 Å². The molecule has 39 heavy (non-hydrogen) atoms. The zero-order chi connectivity index (χ0) is 27.2. The van der Waals surface area contributed by atoms with Crippen molar-refractivity contribution in [1.29, 1.82) is 0 Å². The third kappa shape index (κ3) is 6.19. The van der Waals surface area contributed by atoms with Gasteiger partial charge >= 0.3 is 0 Å². The van der Waals surface area contributed by atoms with Crippen LogP contribution in [-0.4, -0.2) is 28.0 Å². The van der Waals surface area contributed by atoms with Gasteiger partial charge < -0.3 is 13.9 Å². The summed E-state index contributed by atoms with van der Waals surface area (Å²) in [5.74, 6) is 1.48. The number of ether oxygens (including phenoxy) is 2. The number of nitro benzene ring substituents is 1. The van der Waals surface area contributed by atoms with E-state index in [1.54, 1.807) is 47.6 Å². The smallest absolute Gasteiger partial charge is 0.269 e. The zero-order valence-corrected chi connectivity index (χ0v) is 21.7. The van der Waals surface area contributed by atoms with Gasteiger partial charge in [0.2, 0.25) is 0 Å². The summed E-state index contributed by atoms with van der Waals surface area (Å²) in [5.41, 5.74) is 2.30. The van der Waals surface area contributed by atoms with Crippen molar-refractivity contribution in [2.45, 2.75) is 13.2 Å². The predicted octanol–water partition coefficient (Wildman–Crippen LogP) is 6.58. The van der Waals surface area contributed by atoms with E-state index in [-0.39, 0.29) is 24.7 Å². The monoisotopic (exact) mass is 541 g/mol. The van der Waals surface area contributed by atoms with Gasteiger partial charge in [0.15, 0.2) is 16.7 Å². The van der Waals surface area contributed by atoms with Gasteiger partial charge in [0.25, 0.3) is 11.6 Å². The summed E-state index contributed by atoms with van der Waals surface area (Å²) in [5, 5.41) is 11.4. The average Bonchev–Trinajstić information content (AvgIpc) is 3.57. The SMILES string of the molecule is COc1cc(/C=C2\SC(=Nc3ccccc3)N(Cc3ccco3)C2=O)ccc1OCc1ccc([N+](=O)[O-])cc1. The van der Waals surface area contributed by atoms with Crippen molar-refractivity contribution in [1.82, 2.24) is 4.90 Å². The minimum atomic E-state index is -0.443. The zero-order valence-electron chi connectivity index (χ0n) is 20.9. The van der Waals surface area contributed by atoms with Gasteiger partial charge in [-0.15, -0.1) is 0 Å². The lowest BCUT2D eigenvalue weighted by atomic mass is 10.1. The van der Waals surface area contributed by atoms with E-state index in [1.165, 1.54) is 31.0 Å². The molecule has 1 saturated heterocycles. The Labute approximate surface area is 228 Å². The normalized spacial score (nSPS) is 15.2. The number of hydrogen-bond acceptors (Lipinski definition) is 8. The maximum Gasteiger partial charge on any atom is 0.269 e. The van der Waals surface area contributed by atoms with Crippen molar-refractivity contribution >= 4 is 40.3 Å². The van der Waals surface area contributed by atoms with E-state index >= 15 is 0 Å². The van der Waals surface area contributed by atoms with Crippen molar-refractivity contribution in [3.63, 3.8) is 0 Å². The molecule has 1 aliphatic rings. The van der Waals surface area contributed by atoms with Crippen LogP contribution >= 0.6 is 11.8 Å². The number of hydrogen-bond donors (Lipinski definition) is 0. The molecule has 9 nitrogen and oxygen atoms in total. The summed E-state index contributed by atoms with van der Waals surface area (Å²) in [6, 6.07) is 24.6. The van der Waals surface area contributed by atoms with E-state index in [2.05, 4.69) is 0 Å². The second kappa shape index (κ2) is 11.7. The molecule has 5 rings (SSSR count). The molecule has 0 aliphatic carbocycles. The molecule has 3 aromatic carbocycles. The molecule has 10 heteroatoms. The van der Waals surface area contributed by atoms with Crippen LogP contribution in [0.1, 0.15) is 16.9 Å². The minimum absolute atomic E-state index is 0.0211. The molecule has 196 valence electrons. The van der Waals surface area contributed by atoms with E-state index in [0.29, 0.717) is 27.3 Å². The predicted molar refractivity (Wildman–Crippen MR) is 149 cm³/mol. The van der Waals surface area contributed by atoms with Crippen LogP contribution in [0.5, 0.6) is 11.5 Å². The molecule has 1 aromatic heterocycles. The number of amidine groups is 1. The summed E-state index contributed by atoms with van der Waals surface area (Å²) in [7, 11) is 1.54. The third-order valence-electron chi connectivity index (χ3n) is 5.79. The number of rotatable bonds is 9.